The molecular formula is C20H30FIN6OS. The van der Waals surface area contributed by atoms with Crippen LogP contribution in [-0.4, -0.2) is 46.2 Å². The molecule has 10 heteroatoms. The highest BCUT2D eigenvalue weighted by Gasteiger charge is 2.16. The number of hydrogen-bond acceptors (Lipinski definition) is 5. The smallest absolute Gasteiger partial charge is 0.192 e. The highest BCUT2D eigenvalue weighted by atomic mass is 127. The number of hydrogen-bond donors (Lipinski definition) is 2. The SMILES string of the molecule is CSCc1cc(F)ccc1CN=C(NCc1nnc(C)n1C)NCC1CCCO1.I. The van der Waals surface area contributed by atoms with E-state index in [2.05, 4.69) is 20.8 Å². The first-order valence-corrected chi connectivity index (χ1v) is 11.2. The molecule has 0 spiro atoms. The first-order chi connectivity index (χ1) is 14.1. The fourth-order valence-electron chi connectivity index (χ4n) is 3.16. The van der Waals surface area contributed by atoms with E-state index in [-0.39, 0.29) is 35.9 Å². The summed E-state index contributed by atoms with van der Waals surface area (Å²) in [5, 5.41) is 15.0. The number of benzene rings is 1. The summed E-state index contributed by atoms with van der Waals surface area (Å²) in [5.41, 5.74) is 2.00. The number of nitrogens with one attached hydrogen (secondary N) is 2. The molecule has 0 amide bonds. The van der Waals surface area contributed by atoms with Gasteiger partial charge in [0, 0.05) is 26.0 Å². The van der Waals surface area contributed by atoms with Gasteiger partial charge in [-0.2, -0.15) is 11.8 Å². The van der Waals surface area contributed by atoms with Gasteiger partial charge in [0.2, 0.25) is 0 Å². The van der Waals surface area contributed by atoms with Gasteiger partial charge in [-0.1, -0.05) is 6.07 Å². The van der Waals surface area contributed by atoms with Crippen molar-refractivity contribution in [2.75, 3.05) is 19.4 Å². The summed E-state index contributed by atoms with van der Waals surface area (Å²) >= 11 is 1.67. The van der Waals surface area contributed by atoms with Crippen LogP contribution in [0.4, 0.5) is 4.39 Å². The Morgan fingerprint density at radius 3 is 2.83 bits per heavy atom. The van der Waals surface area contributed by atoms with Crippen molar-refractivity contribution in [3.05, 3.63) is 46.8 Å². The Labute approximate surface area is 198 Å². The molecule has 166 valence electrons. The molecule has 1 aromatic heterocycles. The van der Waals surface area contributed by atoms with Crippen LogP contribution in [0.3, 0.4) is 0 Å². The van der Waals surface area contributed by atoms with Gasteiger partial charge in [-0.05, 0) is 49.3 Å². The number of aliphatic imine (C=N–C) groups is 1. The van der Waals surface area contributed by atoms with Gasteiger partial charge in [-0.15, -0.1) is 34.2 Å². The van der Waals surface area contributed by atoms with E-state index in [1.54, 1.807) is 17.8 Å². The molecule has 2 aromatic rings. The lowest BCUT2D eigenvalue weighted by Gasteiger charge is -2.16. The molecule has 0 radical (unpaired) electrons. The highest BCUT2D eigenvalue weighted by Crippen LogP contribution is 2.17. The number of halogens is 2. The quantitative estimate of drug-likeness (QED) is 0.300. The van der Waals surface area contributed by atoms with E-state index >= 15 is 0 Å². The van der Waals surface area contributed by atoms with Gasteiger partial charge in [0.15, 0.2) is 11.8 Å². The number of rotatable bonds is 8. The van der Waals surface area contributed by atoms with Gasteiger partial charge in [-0.3, -0.25) is 0 Å². The van der Waals surface area contributed by atoms with Crippen molar-refractivity contribution in [1.82, 2.24) is 25.4 Å². The normalized spacial score (nSPS) is 16.4. The van der Waals surface area contributed by atoms with Crippen LogP contribution in [0.1, 0.15) is 35.6 Å². The van der Waals surface area contributed by atoms with Crippen LogP contribution in [-0.2, 0) is 30.6 Å². The molecule has 1 atom stereocenters. The summed E-state index contributed by atoms with van der Waals surface area (Å²) in [7, 11) is 1.94. The van der Waals surface area contributed by atoms with Crippen LogP contribution in [0.5, 0.6) is 0 Å². The molecular weight excluding hydrogens is 518 g/mol. The summed E-state index contributed by atoms with van der Waals surface area (Å²) in [6.07, 6.45) is 4.37. The van der Waals surface area contributed by atoms with Gasteiger partial charge in [0.05, 0.1) is 19.2 Å². The minimum Gasteiger partial charge on any atom is -0.376 e. The van der Waals surface area contributed by atoms with Gasteiger partial charge in [-0.25, -0.2) is 9.38 Å². The standard InChI is InChI=1S/C20H29FN6OS.HI/c1-14-25-26-19(27(14)2)12-24-20(23-11-18-5-4-8-28-18)22-10-15-6-7-17(21)9-16(15)13-29-3;/h6-7,9,18H,4-5,8,10-13H2,1-3H3,(H2,22,23,24);1H. The van der Waals surface area contributed by atoms with E-state index in [0.717, 1.165) is 48.0 Å². The number of guanidine groups is 1. The second-order valence-electron chi connectivity index (χ2n) is 7.10. The van der Waals surface area contributed by atoms with Gasteiger partial charge in [0.1, 0.15) is 11.6 Å². The van der Waals surface area contributed by atoms with Crippen molar-refractivity contribution in [1.29, 1.82) is 0 Å². The van der Waals surface area contributed by atoms with Crippen LogP contribution in [0.2, 0.25) is 0 Å². The number of thioether (sulfide) groups is 1. The Morgan fingerprint density at radius 2 is 2.17 bits per heavy atom. The summed E-state index contributed by atoms with van der Waals surface area (Å²) in [6.45, 7) is 4.41. The van der Waals surface area contributed by atoms with E-state index in [0.29, 0.717) is 25.6 Å². The average Bonchev–Trinajstić information content (AvgIpc) is 3.34. The Hall–Kier alpha value is -1.40. The average molecular weight is 548 g/mol. The van der Waals surface area contributed by atoms with Crippen LogP contribution in [0.15, 0.2) is 23.2 Å². The number of nitrogens with zero attached hydrogens (tertiary/aromatic N) is 4. The number of ether oxygens (including phenoxy) is 1. The van der Waals surface area contributed by atoms with E-state index in [1.807, 2.05) is 30.9 Å². The Bertz CT molecular complexity index is 841. The maximum absolute atomic E-state index is 13.6. The minimum absolute atomic E-state index is 0. The first kappa shape index (κ1) is 24.9. The fourth-order valence-corrected chi connectivity index (χ4v) is 3.74. The Kier molecular flexibility index (Phi) is 10.3. The molecule has 30 heavy (non-hydrogen) atoms. The minimum atomic E-state index is -0.214. The maximum atomic E-state index is 13.6. The van der Waals surface area contributed by atoms with E-state index < -0.39 is 0 Å². The molecule has 0 aliphatic carbocycles. The molecule has 2 N–H and O–H groups in total. The molecule has 1 fully saturated rings. The van der Waals surface area contributed by atoms with Crippen LogP contribution >= 0.6 is 35.7 Å². The zero-order chi connectivity index (χ0) is 20.6. The zero-order valence-corrected chi connectivity index (χ0v) is 20.8. The second kappa shape index (κ2) is 12.5. The summed E-state index contributed by atoms with van der Waals surface area (Å²) in [5.74, 6) is 2.92. The molecule has 0 bridgehead atoms. The van der Waals surface area contributed by atoms with E-state index in [4.69, 9.17) is 9.73 Å². The summed E-state index contributed by atoms with van der Waals surface area (Å²) in [6, 6.07) is 4.90. The number of aromatic nitrogens is 3. The van der Waals surface area contributed by atoms with Crippen molar-refractivity contribution in [2.45, 2.75) is 44.7 Å². The van der Waals surface area contributed by atoms with Crippen LogP contribution < -0.4 is 10.6 Å². The molecule has 1 aromatic carbocycles. The third-order valence-corrected chi connectivity index (χ3v) is 5.59. The molecule has 2 heterocycles. The highest BCUT2D eigenvalue weighted by molar-refractivity contribution is 14.0. The third kappa shape index (κ3) is 7.09. The van der Waals surface area contributed by atoms with Crippen molar-refractivity contribution in [2.24, 2.45) is 12.0 Å². The topological polar surface area (TPSA) is 76.4 Å². The molecule has 1 unspecified atom stereocenters. The van der Waals surface area contributed by atoms with Gasteiger partial charge < -0.3 is 19.9 Å². The lowest BCUT2D eigenvalue weighted by molar-refractivity contribution is 0.113. The third-order valence-electron chi connectivity index (χ3n) is 4.99. The lowest BCUT2D eigenvalue weighted by Crippen LogP contribution is -2.41. The second-order valence-corrected chi connectivity index (χ2v) is 7.97. The number of aryl methyl sites for hydroxylation is 1. The van der Waals surface area contributed by atoms with E-state index in [9.17, 15) is 4.39 Å². The largest absolute Gasteiger partial charge is 0.376 e. The maximum Gasteiger partial charge on any atom is 0.192 e. The predicted octanol–water partition coefficient (Wildman–Crippen LogP) is 3.16. The fraction of sp³-hybridized carbons (Fsp3) is 0.550. The Morgan fingerprint density at radius 1 is 1.33 bits per heavy atom. The van der Waals surface area contributed by atoms with Crippen molar-refractivity contribution in [3.63, 3.8) is 0 Å². The molecule has 1 aliphatic rings. The van der Waals surface area contributed by atoms with Gasteiger partial charge >= 0.3 is 0 Å². The van der Waals surface area contributed by atoms with Crippen molar-refractivity contribution >= 4 is 41.7 Å². The zero-order valence-electron chi connectivity index (χ0n) is 17.7. The van der Waals surface area contributed by atoms with E-state index in [1.165, 1.54) is 6.07 Å². The molecule has 3 rings (SSSR count). The van der Waals surface area contributed by atoms with Crippen molar-refractivity contribution in [3.8, 4) is 0 Å². The molecule has 0 saturated carbocycles. The van der Waals surface area contributed by atoms with Gasteiger partial charge in [0.25, 0.3) is 0 Å². The van der Waals surface area contributed by atoms with Crippen molar-refractivity contribution < 1.29 is 9.13 Å². The summed E-state index contributed by atoms with van der Waals surface area (Å²) in [4.78, 5) is 4.73. The molecule has 1 saturated heterocycles. The first-order valence-electron chi connectivity index (χ1n) is 9.81. The van der Waals surface area contributed by atoms with Crippen LogP contribution in [0.25, 0.3) is 0 Å². The Balaban J connectivity index is 0.00000320. The molecule has 1 aliphatic heterocycles. The summed E-state index contributed by atoms with van der Waals surface area (Å²) < 4.78 is 21.3. The monoisotopic (exact) mass is 548 g/mol. The van der Waals surface area contributed by atoms with Crippen LogP contribution in [0, 0.1) is 12.7 Å². The lowest BCUT2D eigenvalue weighted by atomic mass is 10.1. The molecule has 7 nitrogen and oxygen atoms in total. The predicted molar refractivity (Wildman–Crippen MR) is 130 cm³/mol.